The maximum atomic E-state index is 12.2. The fourth-order valence-corrected chi connectivity index (χ4v) is 4.66. The van der Waals surface area contributed by atoms with E-state index in [1.54, 1.807) is 0 Å². The highest BCUT2D eigenvalue weighted by atomic mass is 127. The van der Waals surface area contributed by atoms with Crippen molar-refractivity contribution in [2.45, 2.75) is 39.8 Å². The summed E-state index contributed by atoms with van der Waals surface area (Å²) in [6, 6.07) is 9.06. The summed E-state index contributed by atoms with van der Waals surface area (Å²) in [5.74, 6) is 3.55. The summed E-state index contributed by atoms with van der Waals surface area (Å²) >= 11 is 2.03. The lowest BCUT2D eigenvalue weighted by Gasteiger charge is -2.28. The summed E-state index contributed by atoms with van der Waals surface area (Å²) in [5.41, 5.74) is 2.52. The quantitative estimate of drug-likeness (QED) is 0.327. The SMILES string of the molecule is CCNC(=NCc1ccc(N2CCSCC2)cc1)NC1CCN(C(=O)C(C)C)C1.I. The molecule has 1 aromatic rings. The monoisotopic (exact) mass is 545 g/mol. The van der Waals surface area contributed by atoms with Gasteiger partial charge in [0.2, 0.25) is 5.91 Å². The Hall–Kier alpha value is -1.16. The number of thioether (sulfide) groups is 1. The minimum Gasteiger partial charge on any atom is -0.370 e. The first-order chi connectivity index (χ1) is 14.1. The van der Waals surface area contributed by atoms with Crippen LogP contribution < -0.4 is 15.5 Å². The predicted molar refractivity (Wildman–Crippen MR) is 139 cm³/mol. The lowest BCUT2D eigenvalue weighted by Crippen LogP contribution is -2.45. The molecule has 0 bridgehead atoms. The second kappa shape index (κ2) is 12.6. The fourth-order valence-electron chi connectivity index (χ4n) is 3.76. The van der Waals surface area contributed by atoms with Crippen molar-refractivity contribution in [1.29, 1.82) is 0 Å². The maximum Gasteiger partial charge on any atom is 0.225 e. The van der Waals surface area contributed by atoms with E-state index in [4.69, 9.17) is 4.99 Å². The maximum absolute atomic E-state index is 12.2. The van der Waals surface area contributed by atoms with E-state index in [2.05, 4.69) is 46.7 Å². The number of halogens is 1. The molecule has 2 heterocycles. The summed E-state index contributed by atoms with van der Waals surface area (Å²) in [5, 5.41) is 6.84. The summed E-state index contributed by atoms with van der Waals surface area (Å²) < 4.78 is 0. The van der Waals surface area contributed by atoms with E-state index < -0.39 is 0 Å². The van der Waals surface area contributed by atoms with Crippen molar-refractivity contribution in [3.63, 3.8) is 0 Å². The minimum absolute atomic E-state index is 0. The number of carbonyl (C=O) groups excluding carboxylic acids is 1. The molecule has 2 aliphatic heterocycles. The van der Waals surface area contributed by atoms with Gasteiger partial charge in [-0.25, -0.2) is 4.99 Å². The number of aliphatic imine (C=N–C) groups is 1. The van der Waals surface area contributed by atoms with Crippen LogP contribution in [0.5, 0.6) is 0 Å². The number of nitrogens with zero attached hydrogens (tertiary/aromatic N) is 3. The van der Waals surface area contributed by atoms with Crippen molar-refractivity contribution in [2.24, 2.45) is 10.9 Å². The zero-order chi connectivity index (χ0) is 20.6. The van der Waals surface area contributed by atoms with Crippen LogP contribution in [0.15, 0.2) is 29.3 Å². The van der Waals surface area contributed by atoms with E-state index >= 15 is 0 Å². The fraction of sp³-hybridized carbons (Fsp3) is 0.636. The first kappa shape index (κ1) is 25.1. The van der Waals surface area contributed by atoms with Crippen LogP contribution in [0.2, 0.25) is 0 Å². The highest BCUT2D eigenvalue weighted by Crippen LogP contribution is 2.20. The molecule has 6 nitrogen and oxygen atoms in total. The van der Waals surface area contributed by atoms with Crippen LogP contribution in [-0.2, 0) is 11.3 Å². The largest absolute Gasteiger partial charge is 0.370 e. The highest BCUT2D eigenvalue weighted by molar-refractivity contribution is 14.0. The van der Waals surface area contributed by atoms with Gasteiger partial charge in [0.05, 0.1) is 6.54 Å². The number of benzene rings is 1. The van der Waals surface area contributed by atoms with Gasteiger partial charge < -0.3 is 20.4 Å². The van der Waals surface area contributed by atoms with Crippen LogP contribution in [0.1, 0.15) is 32.8 Å². The van der Waals surface area contributed by atoms with Gasteiger partial charge in [0.1, 0.15) is 0 Å². The molecular weight excluding hydrogens is 509 g/mol. The Morgan fingerprint density at radius 1 is 1.20 bits per heavy atom. The number of nitrogens with one attached hydrogen (secondary N) is 2. The van der Waals surface area contributed by atoms with Gasteiger partial charge in [0.15, 0.2) is 5.96 Å². The third-order valence-electron chi connectivity index (χ3n) is 5.41. The van der Waals surface area contributed by atoms with E-state index in [0.717, 1.165) is 45.1 Å². The standard InChI is InChI=1S/C22H35N5OS.HI/c1-4-23-22(25-19-9-10-27(16-19)21(28)17(2)3)24-15-18-5-7-20(8-6-18)26-11-13-29-14-12-26;/h5-8,17,19H,4,9-16H2,1-3H3,(H2,23,24,25);1H. The van der Waals surface area contributed by atoms with Gasteiger partial charge in [-0.2, -0.15) is 11.8 Å². The molecule has 2 fully saturated rings. The Balaban J connectivity index is 0.00000320. The predicted octanol–water partition coefficient (Wildman–Crippen LogP) is 3.17. The Bertz CT molecular complexity index is 691. The smallest absolute Gasteiger partial charge is 0.225 e. The average molecular weight is 546 g/mol. The molecule has 1 aromatic carbocycles. The summed E-state index contributed by atoms with van der Waals surface area (Å²) in [4.78, 5) is 21.4. The van der Waals surface area contributed by atoms with Gasteiger partial charge >= 0.3 is 0 Å². The number of likely N-dealkylation sites (tertiary alicyclic amines) is 1. The zero-order valence-corrected chi connectivity index (χ0v) is 21.5. The van der Waals surface area contributed by atoms with Crippen LogP contribution in [0.3, 0.4) is 0 Å². The number of anilines is 1. The van der Waals surface area contributed by atoms with E-state index in [-0.39, 0.29) is 41.8 Å². The van der Waals surface area contributed by atoms with Gasteiger partial charge in [-0.1, -0.05) is 26.0 Å². The van der Waals surface area contributed by atoms with Crippen molar-refractivity contribution in [1.82, 2.24) is 15.5 Å². The van der Waals surface area contributed by atoms with Gasteiger partial charge in [0, 0.05) is 61.9 Å². The molecule has 3 rings (SSSR count). The molecule has 2 N–H and O–H groups in total. The van der Waals surface area contributed by atoms with Crippen LogP contribution in [0, 0.1) is 5.92 Å². The van der Waals surface area contributed by atoms with E-state index in [9.17, 15) is 4.79 Å². The first-order valence-electron chi connectivity index (χ1n) is 10.8. The molecule has 168 valence electrons. The number of hydrogen-bond donors (Lipinski definition) is 2. The average Bonchev–Trinajstić information content (AvgIpc) is 3.21. The number of guanidine groups is 1. The molecule has 1 amide bonds. The summed E-state index contributed by atoms with van der Waals surface area (Å²) in [6.07, 6.45) is 0.964. The molecule has 0 aliphatic carbocycles. The number of amides is 1. The number of carbonyl (C=O) groups is 1. The molecule has 8 heteroatoms. The molecule has 2 aliphatic rings. The molecule has 0 spiro atoms. The Labute approximate surface area is 202 Å². The lowest BCUT2D eigenvalue weighted by molar-refractivity contribution is -0.133. The Morgan fingerprint density at radius 3 is 2.53 bits per heavy atom. The van der Waals surface area contributed by atoms with E-state index in [1.165, 1.54) is 22.8 Å². The van der Waals surface area contributed by atoms with Crippen molar-refractivity contribution in [3.8, 4) is 0 Å². The van der Waals surface area contributed by atoms with Crippen molar-refractivity contribution >= 4 is 53.3 Å². The van der Waals surface area contributed by atoms with E-state index in [0.29, 0.717) is 6.54 Å². The molecule has 1 atom stereocenters. The topological polar surface area (TPSA) is 60.0 Å². The molecule has 0 saturated carbocycles. The summed E-state index contributed by atoms with van der Waals surface area (Å²) in [6.45, 7) is 11.3. The van der Waals surface area contributed by atoms with Crippen LogP contribution >= 0.6 is 35.7 Å². The third-order valence-corrected chi connectivity index (χ3v) is 6.35. The Kier molecular flexibility index (Phi) is 10.6. The van der Waals surface area contributed by atoms with Gasteiger partial charge in [-0.05, 0) is 31.0 Å². The third kappa shape index (κ3) is 7.21. The summed E-state index contributed by atoms with van der Waals surface area (Å²) in [7, 11) is 0. The van der Waals surface area contributed by atoms with E-state index in [1.807, 2.05) is 30.5 Å². The molecule has 0 aromatic heterocycles. The van der Waals surface area contributed by atoms with Crippen molar-refractivity contribution in [3.05, 3.63) is 29.8 Å². The zero-order valence-electron chi connectivity index (χ0n) is 18.4. The molecule has 2 saturated heterocycles. The molecular formula is C22H36IN5OS. The molecule has 1 unspecified atom stereocenters. The van der Waals surface area contributed by atoms with Crippen LogP contribution in [-0.4, -0.2) is 67.0 Å². The number of hydrogen-bond acceptors (Lipinski definition) is 4. The Morgan fingerprint density at radius 2 is 1.90 bits per heavy atom. The normalized spacial score (nSPS) is 19.6. The van der Waals surface area contributed by atoms with Crippen LogP contribution in [0.4, 0.5) is 5.69 Å². The van der Waals surface area contributed by atoms with Crippen molar-refractivity contribution < 1.29 is 4.79 Å². The second-order valence-electron chi connectivity index (χ2n) is 8.03. The minimum atomic E-state index is 0. The van der Waals surface area contributed by atoms with Crippen LogP contribution in [0.25, 0.3) is 0 Å². The van der Waals surface area contributed by atoms with Gasteiger partial charge in [0.25, 0.3) is 0 Å². The lowest BCUT2D eigenvalue weighted by atomic mass is 10.2. The van der Waals surface area contributed by atoms with Gasteiger partial charge in [-0.3, -0.25) is 4.79 Å². The molecule has 30 heavy (non-hydrogen) atoms. The van der Waals surface area contributed by atoms with Gasteiger partial charge in [-0.15, -0.1) is 24.0 Å². The first-order valence-corrected chi connectivity index (χ1v) is 12.0. The van der Waals surface area contributed by atoms with Crippen molar-refractivity contribution in [2.75, 3.05) is 49.1 Å². The highest BCUT2D eigenvalue weighted by Gasteiger charge is 2.27. The molecule has 0 radical (unpaired) electrons. The second-order valence-corrected chi connectivity index (χ2v) is 9.25. The number of rotatable bonds is 6.